The zero-order valence-electron chi connectivity index (χ0n) is 14.2. The third-order valence-corrected chi connectivity index (χ3v) is 10.1. The van der Waals surface area contributed by atoms with Gasteiger partial charge in [-0.25, -0.2) is 0 Å². The Kier molecular flexibility index (Phi) is 5.87. The van der Waals surface area contributed by atoms with Crippen LogP contribution in [0.2, 0.25) is 18.1 Å². The summed E-state index contributed by atoms with van der Waals surface area (Å²) < 4.78 is 6.32. The van der Waals surface area contributed by atoms with Crippen molar-refractivity contribution < 1.29 is 14.6 Å². The van der Waals surface area contributed by atoms with Gasteiger partial charge in [0.2, 0.25) is 0 Å². The highest BCUT2D eigenvalue weighted by atomic mass is 28.4. The molecular weight excluding hydrogens is 268 g/mol. The van der Waals surface area contributed by atoms with Crippen LogP contribution < -0.4 is 0 Å². The van der Waals surface area contributed by atoms with Gasteiger partial charge in [-0.2, -0.15) is 0 Å². The van der Waals surface area contributed by atoms with E-state index in [2.05, 4.69) is 33.9 Å². The van der Waals surface area contributed by atoms with Gasteiger partial charge in [-0.1, -0.05) is 40.0 Å². The lowest BCUT2D eigenvalue weighted by Crippen LogP contribution is -2.52. The van der Waals surface area contributed by atoms with Gasteiger partial charge in [0.25, 0.3) is 0 Å². The van der Waals surface area contributed by atoms with Crippen LogP contribution in [0.25, 0.3) is 0 Å². The third kappa shape index (κ3) is 3.84. The summed E-state index contributed by atoms with van der Waals surface area (Å²) >= 11 is 0. The van der Waals surface area contributed by atoms with E-state index >= 15 is 0 Å². The summed E-state index contributed by atoms with van der Waals surface area (Å²) in [5, 5.41) is 20.7. The van der Waals surface area contributed by atoms with E-state index in [1.807, 2.05) is 6.92 Å². The number of aliphatic hydroxyl groups is 2. The summed E-state index contributed by atoms with van der Waals surface area (Å²) in [6, 6.07) is 0. The zero-order chi connectivity index (χ0) is 15.6. The molecule has 0 spiro atoms. The number of hydrogen-bond donors (Lipinski definition) is 2. The maximum absolute atomic E-state index is 10.8. The molecule has 2 N–H and O–H groups in total. The summed E-state index contributed by atoms with van der Waals surface area (Å²) in [5.74, 6) is 0. The SMILES string of the molecule is C[C@H](O[Si](C)(C)C(C)(C)C)C(O)C1(CO)CCCCC1. The third-order valence-electron chi connectivity index (χ3n) is 5.52. The van der Waals surface area contributed by atoms with Crippen LogP contribution in [0.5, 0.6) is 0 Å². The van der Waals surface area contributed by atoms with E-state index in [1.54, 1.807) is 0 Å². The van der Waals surface area contributed by atoms with Crippen LogP contribution in [0.4, 0.5) is 0 Å². The average molecular weight is 303 g/mol. The van der Waals surface area contributed by atoms with Crippen molar-refractivity contribution in [2.45, 2.75) is 90.1 Å². The predicted octanol–water partition coefficient (Wildman–Crippen LogP) is 3.70. The molecule has 1 unspecified atom stereocenters. The molecule has 0 radical (unpaired) electrons. The first-order valence-corrected chi connectivity index (χ1v) is 10.9. The molecule has 0 aromatic carbocycles. The van der Waals surface area contributed by atoms with E-state index in [-0.39, 0.29) is 23.2 Å². The Morgan fingerprint density at radius 2 is 1.65 bits per heavy atom. The molecule has 1 aliphatic carbocycles. The highest BCUT2D eigenvalue weighted by Gasteiger charge is 2.45. The van der Waals surface area contributed by atoms with Crippen molar-refractivity contribution in [3.8, 4) is 0 Å². The number of hydrogen-bond acceptors (Lipinski definition) is 3. The summed E-state index contributed by atoms with van der Waals surface area (Å²) in [7, 11) is -1.88. The molecule has 3 nitrogen and oxygen atoms in total. The smallest absolute Gasteiger partial charge is 0.192 e. The van der Waals surface area contributed by atoms with Crippen molar-refractivity contribution in [2.24, 2.45) is 5.41 Å². The first-order valence-electron chi connectivity index (χ1n) is 8.02. The van der Waals surface area contributed by atoms with Crippen molar-refractivity contribution in [1.29, 1.82) is 0 Å². The summed E-state index contributed by atoms with van der Waals surface area (Å²) in [4.78, 5) is 0. The van der Waals surface area contributed by atoms with Crippen LogP contribution in [0.1, 0.15) is 59.8 Å². The van der Waals surface area contributed by atoms with Crippen LogP contribution in [0.3, 0.4) is 0 Å². The molecule has 120 valence electrons. The molecule has 0 amide bonds. The van der Waals surface area contributed by atoms with Gasteiger partial charge in [0.15, 0.2) is 8.32 Å². The zero-order valence-corrected chi connectivity index (χ0v) is 15.2. The fraction of sp³-hybridized carbons (Fsp3) is 1.00. The molecule has 1 rings (SSSR count). The molecule has 2 atom stereocenters. The van der Waals surface area contributed by atoms with Crippen LogP contribution >= 0.6 is 0 Å². The summed E-state index contributed by atoms with van der Waals surface area (Å²) in [6.07, 6.45) is 4.47. The maximum atomic E-state index is 10.8. The Bertz CT molecular complexity index is 303. The van der Waals surface area contributed by atoms with Crippen molar-refractivity contribution in [3.05, 3.63) is 0 Å². The summed E-state index contributed by atoms with van der Waals surface area (Å²) in [5.41, 5.74) is -0.347. The molecule has 20 heavy (non-hydrogen) atoms. The van der Waals surface area contributed by atoms with Crippen molar-refractivity contribution in [2.75, 3.05) is 6.61 Å². The lowest BCUT2D eigenvalue weighted by atomic mass is 9.69. The summed E-state index contributed by atoms with van der Waals surface area (Å²) in [6.45, 7) is 13.1. The topological polar surface area (TPSA) is 49.7 Å². The van der Waals surface area contributed by atoms with E-state index in [4.69, 9.17) is 4.43 Å². The van der Waals surface area contributed by atoms with Gasteiger partial charge in [-0.05, 0) is 37.9 Å². The van der Waals surface area contributed by atoms with Crippen molar-refractivity contribution >= 4 is 8.32 Å². The minimum Gasteiger partial charge on any atom is -0.412 e. The van der Waals surface area contributed by atoms with Gasteiger partial charge in [0.05, 0.1) is 18.8 Å². The van der Waals surface area contributed by atoms with Gasteiger partial charge in [0, 0.05) is 5.41 Å². The molecule has 0 aliphatic heterocycles. The monoisotopic (exact) mass is 302 g/mol. The molecule has 0 aromatic heterocycles. The molecule has 0 bridgehead atoms. The van der Waals surface area contributed by atoms with Crippen LogP contribution in [-0.4, -0.2) is 37.3 Å². The molecular formula is C16H34O3Si. The lowest BCUT2D eigenvalue weighted by Gasteiger charge is -2.45. The molecule has 0 aromatic rings. The Balaban J connectivity index is 2.77. The Labute approximate surface area is 125 Å². The molecule has 4 heteroatoms. The normalized spacial score (nSPS) is 23.4. The van der Waals surface area contributed by atoms with Gasteiger partial charge >= 0.3 is 0 Å². The Morgan fingerprint density at radius 3 is 2.05 bits per heavy atom. The second kappa shape index (κ2) is 6.47. The van der Waals surface area contributed by atoms with E-state index in [0.29, 0.717) is 0 Å². The number of aliphatic hydroxyl groups excluding tert-OH is 2. The van der Waals surface area contributed by atoms with Gasteiger partial charge in [-0.15, -0.1) is 0 Å². The first kappa shape index (κ1) is 18.1. The largest absolute Gasteiger partial charge is 0.412 e. The highest BCUT2D eigenvalue weighted by molar-refractivity contribution is 6.74. The quantitative estimate of drug-likeness (QED) is 0.761. The van der Waals surface area contributed by atoms with Crippen molar-refractivity contribution in [1.82, 2.24) is 0 Å². The Morgan fingerprint density at radius 1 is 1.15 bits per heavy atom. The highest BCUT2D eigenvalue weighted by Crippen LogP contribution is 2.43. The van der Waals surface area contributed by atoms with Crippen LogP contribution in [0, 0.1) is 5.41 Å². The minimum atomic E-state index is -1.88. The van der Waals surface area contributed by atoms with Crippen LogP contribution in [-0.2, 0) is 4.43 Å². The Hall–Kier alpha value is 0.0969. The molecule has 0 heterocycles. The van der Waals surface area contributed by atoms with E-state index in [1.165, 1.54) is 6.42 Å². The predicted molar refractivity (Wildman–Crippen MR) is 86.4 cm³/mol. The van der Waals surface area contributed by atoms with Gasteiger partial charge in [0.1, 0.15) is 0 Å². The molecule has 1 saturated carbocycles. The second-order valence-electron chi connectivity index (χ2n) is 8.11. The second-order valence-corrected chi connectivity index (χ2v) is 12.9. The first-order chi connectivity index (χ1) is 9.06. The number of rotatable bonds is 5. The lowest BCUT2D eigenvalue weighted by molar-refractivity contribution is -0.0928. The fourth-order valence-electron chi connectivity index (χ4n) is 3.01. The van der Waals surface area contributed by atoms with Gasteiger partial charge in [-0.3, -0.25) is 0 Å². The van der Waals surface area contributed by atoms with E-state index < -0.39 is 14.4 Å². The van der Waals surface area contributed by atoms with Crippen LogP contribution in [0.15, 0.2) is 0 Å². The molecule has 1 fully saturated rings. The minimum absolute atomic E-state index is 0.0688. The fourth-order valence-corrected chi connectivity index (χ4v) is 4.42. The standard InChI is InChI=1S/C16H34O3Si/c1-13(19-20(5,6)15(2,3)4)14(18)16(12-17)10-8-7-9-11-16/h13-14,17-18H,7-12H2,1-6H3/t13-,14?/m0/s1. The van der Waals surface area contributed by atoms with Gasteiger partial charge < -0.3 is 14.6 Å². The molecule has 1 aliphatic rings. The average Bonchev–Trinajstić information content (AvgIpc) is 2.36. The van der Waals surface area contributed by atoms with Crippen molar-refractivity contribution in [3.63, 3.8) is 0 Å². The maximum Gasteiger partial charge on any atom is 0.192 e. The van der Waals surface area contributed by atoms with E-state index in [9.17, 15) is 10.2 Å². The molecule has 0 saturated heterocycles. The van der Waals surface area contributed by atoms with E-state index in [0.717, 1.165) is 25.7 Å².